The van der Waals surface area contributed by atoms with E-state index in [9.17, 15) is 21.8 Å². The molecule has 1 aromatic heterocycles. The molecule has 0 amide bonds. The van der Waals surface area contributed by atoms with E-state index in [4.69, 9.17) is 0 Å². The SMILES string of the molecule is CCC(CC1CP1(=O)CC)[n+]1ccccc1.F[B-](F)(F)F. The van der Waals surface area contributed by atoms with Gasteiger partial charge in [0.2, 0.25) is 0 Å². The van der Waals surface area contributed by atoms with Crippen molar-refractivity contribution in [3.8, 4) is 0 Å². The zero-order valence-electron chi connectivity index (χ0n) is 12.3. The second kappa shape index (κ2) is 7.43. The normalized spacial score (nSPS) is 25.7. The summed E-state index contributed by atoms with van der Waals surface area (Å²) in [6.07, 6.45) is 8.34. The van der Waals surface area contributed by atoms with Crippen LogP contribution in [0.3, 0.4) is 0 Å². The van der Waals surface area contributed by atoms with Crippen LogP contribution >= 0.6 is 7.14 Å². The molecule has 1 saturated heterocycles. The maximum Gasteiger partial charge on any atom is 0.673 e. The molecule has 21 heavy (non-hydrogen) atoms. The Hall–Kier alpha value is -0.835. The molecule has 0 spiro atoms. The van der Waals surface area contributed by atoms with Crippen LogP contribution in [0.2, 0.25) is 0 Å². The highest BCUT2D eigenvalue weighted by molar-refractivity contribution is 7.72. The smallest absolute Gasteiger partial charge is 0.418 e. The van der Waals surface area contributed by atoms with Gasteiger partial charge in [0.25, 0.3) is 0 Å². The minimum absolute atomic E-state index is 0.509. The van der Waals surface area contributed by atoms with E-state index in [0.717, 1.165) is 25.2 Å². The van der Waals surface area contributed by atoms with E-state index in [1.807, 2.05) is 6.07 Å². The molecule has 1 aromatic rings. The first-order valence-corrected chi connectivity index (χ1v) is 9.25. The molecular formula is C13H21BF4NOP. The third-order valence-electron chi connectivity index (χ3n) is 3.76. The second-order valence-corrected chi connectivity index (χ2v) is 8.85. The summed E-state index contributed by atoms with van der Waals surface area (Å²) >= 11 is 0. The Balaban J connectivity index is 0.000000383. The lowest BCUT2D eigenvalue weighted by atomic mass is 10.1. The molecule has 8 heteroatoms. The summed E-state index contributed by atoms with van der Waals surface area (Å²) < 4.78 is 53.4. The van der Waals surface area contributed by atoms with E-state index < -0.39 is 14.4 Å². The van der Waals surface area contributed by atoms with Gasteiger partial charge in [0.15, 0.2) is 18.4 Å². The summed E-state index contributed by atoms with van der Waals surface area (Å²) in [4.78, 5) is 0. The average molecular weight is 325 g/mol. The van der Waals surface area contributed by atoms with E-state index in [-0.39, 0.29) is 0 Å². The Bertz CT molecular complexity index is 477. The summed E-state index contributed by atoms with van der Waals surface area (Å²) in [5, 5.41) is 0. The molecule has 0 saturated carbocycles. The summed E-state index contributed by atoms with van der Waals surface area (Å²) in [6, 6.07) is 6.69. The molecule has 0 aromatic carbocycles. The largest absolute Gasteiger partial charge is 0.673 e. The Labute approximate surface area is 123 Å². The first kappa shape index (κ1) is 18.2. The van der Waals surface area contributed by atoms with Crippen molar-refractivity contribution < 1.29 is 26.4 Å². The van der Waals surface area contributed by atoms with Crippen LogP contribution in [-0.4, -0.2) is 25.2 Å². The van der Waals surface area contributed by atoms with Gasteiger partial charge in [-0.05, 0) is 6.16 Å². The highest BCUT2D eigenvalue weighted by Crippen LogP contribution is 2.68. The minimum atomic E-state index is -6.00. The molecule has 120 valence electrons. The van der Waals surface area contributed by atoms with Gasteiger partial charge in [-0.25, -0.2) is 4.57 Å². The molecule has 3 unspecified atom stereocenters. The van der Waals surface area contributed by atoms with Gasteiger partial charge >= 0.3 is 7.25 Å². The maximum absolute atomic E-state index is 12.1. The van der Waals surface area contributed by atoms with Gasteiger partial charge < -0.3 is 21.8 Å². The Morgan fingerprint density at radius 1 is 1.19 bits per heavy atom. The van der Waals surface area contributed by atoms with Gasteiger partial charge in [-0.3, -0.25) is 0 Å². The van der Waals surface area contributed by atoms with Gasteiger partial charge in [0.05, 0.1) is 7.14 Å². The van der Waals surface area contributed by atoms with Crippen LogP contribution in [0.1, 0.15) is 32.7 Å². The van der Waals surface area contributed by atoms with Crippen LogP contribution in [0.4, 0.5) is 17.3 Å². The third kappa shape index (κ3) is 6.64. The topological polar surface area (TPSA) is 20.9 Å². The van der Waals surface area contributed by atoms with Crippen molar-refractivity contribution in [1.82, 2.24) is 0 Å². The molecule has 3 atom stereocenters. The zero-order chi connectivity index (χ0) is 16.1. The zero-order valence-corrected chi connectivity index (χ0v) is 13.2. The summed E-state index contributed by atoms with van der Waals surface area (Å²) in [5.41, 5.74) is 0.509. The van der Waals surface area contributed by atoms with Crippen LogP contribution in [0.25, 0.3) is 0 Å². The lowest BCUT2D eigenvalue weighted by Gasteiger charge is -2.09. The quantitative estimate of drug-likeness (QED) is 0.341. The van der Waals surface area contributed by atoms with E-state index in [1.54, 1.807) is 0 Å². The summed E-state index contributed by atoms with van der Waals surface area (Å²) in [7, 11) is -7.71. The fourth-order valence-corrected chi connectivity index (χ4v) is 5.15. The summed E-state index contributed by atoms with van der Waals surface area (Å²) in [6.45, 7) is 4.28. The predicted molar refractivity (Wildman–Crippen MR) is 77.6 cm³/mol. The molecule has 1 fully saturated rings. The number of halogens is 4. The number of rotatable bonds is 5. The fraction of sp³-hybridized carbons (Fsp3) is 0.615. The van der Waals surface area contributed by atoms with Crippen molar-refractivity contribution in [3.63, 3.8) is 0 Å². The second-order valence-electron chi connectivity index (χ2n) is 5.22. The Morgan fingerprint density at radius 2 is 1.71 bits per heavy atom. The number of hydrogen-bond acceptors (Lipinski definition) is 1. The van der Waals surface area contributed by atoms with Crippen molar-refractivity contribution in [2.75, 3.05) is 12.3 Å². The maximum atomic E-state index is 12.1. The minimum Gasteiger partial charge on any atom is -0.418 e. The number of pyridine rings is 1. The molecule has 0 bridgehead atoms. The molecule has 2 nitrogen and oxygen atoms in total. The number of nitrogens with zero attached hydrogens (tertiary/aromatic N) is 1. The first-order chi connectivity index (χ1) is 9.69. The standard InChI is InChI=1S/C13H21NOP.BF4/c1-3-12(14-8-6-5-7-9-14)10-13-11-16(13,15)4-2;2-1(3,4)5/h5-9,12-13H,3-4,10-11H2,1-2H3;/q+1;-1. The first-order valence-electron chi connectivity index (χ1n) is 7.10. The van der Waals surface area contributed by atoms with Crippen molar-refractivity contribution >= 4 is 14.4 Å². The predicted octanol–water partition coefficient (Wildman–Crippen LogP) is 4.38. The highest BCUT2D eigenvalue weighted by atomic mass is 31.2. The molecular weight excluding hydrogens is 304 g/mol. The Kier molecular flexibility index (Phi) is 6.45. The molecule has 1 aliphatic heterocycles. The molecule has 0 aliphatic carbocycles. The van der Waals surface area contributed by atoms with Crippen LogP contribution < -0.4 is 4.57 Å². The van der Waals surface area contributed by atoms with E-state index >= 15 is 0 Å². The van der Waals surface area contributed by atoms with E-state index in [1.165, 1.54) is 0 Å². The molecule has 2 rings (SSSR count). The van der Waals surface area contributed by atoms with Gasteiger partial charge in [0.1, 0.15) is 0 Å². The van der Waals surface area contributed by atoms with Crippen molar-refractivity contribution in [3.05, 3.63) is 30.6 Å². The molecule has 1 aliphatic rings. The van der Waals surface area contributed by atoms with Crippen LogP contribution in [0.5, 0.6) is 0 Å². The summed E-state index contributed by atoms with van der Waals surface area (Å²) in [5.74, 6) is 0. The monoisotopic (exact) mass is 325 g/mol. The van der Waals surface area contributed by atoms with Crippen molar-refractivity contribution in [1.29, 1.82) is 0 Å². The molecule has 0 N–H and O–H groups in total. The van der Waals surface area contributed by atoms with Gasteiger partial charge in [-0.15, -0.1) is 0 Å². The molecule has 0 radical (unpaired) electrons. The average Bonchev–Trinajstić information content (AvgIpc) is 3.06. The van der Waals surface area contributed by atoms with E-state index in [0.29, 0.717) is 11.7 Å². The van der Waals surface area contributed by atoms with Gasteiger partial charge in [-0.2, -0.15) is 0 Å². The van der Waals surface area contributed by atoms with Gasteiger partial charge in [-0.1, -0.05) is 19.9 Å². The number of hydrogen-bond donors (Lipinski definition) is 0. The lowest BCUT2D eigenvalue weighted by molar-refractivity contribution is -0.723. The van der Waals surface area contributed by atoms with Crippen molar-refractivity contribution in [2.24, 2.45) is 0 Å². The van der Waals surface area contributed by atoms with Crippen LogP contribution in [0, 0.1) is 0 Å². The third-order valence-corrected chi connectivity index (χ3v) is 7.15. The lowest BCUT2D eigenvalue weighted by Crippen LogP contribution is -2.38. The molecule has 2 heterocycles. The number of aromatic nitrogens is 1. The van der Waals surface area contributed by atoms with Crippen LogP contribution in [0.15, 0.2) is 30.6 Å². The Morgan fingerprint density at radius 3 is 2.10 bits per heavy atom. The van der Waals surface area contributed by atoms with Crippen molar-refractivity contribution in [2.45, 2.75) is 38.4 Å². The van der Waals surface area contributed by atoms with Gasteiger partial charge in [0, 0.05) is 36.8 Å². The van der Waals surface area contributed by atoms with E-state index in [2.05, 4.69) is 42.9 Å². The highest BCUT2D eigenvalue weighted by Gasteiger charge is 2.49. The fourth-order valence-electron chi connectivity index (χ4n) is 2.43. The van der Waals surface area contributed by atoms with Crippen LogP contribution in [-0.2, 0) is 4.57 Å².